The highest BCUT2D eigenvalue weighted by Gasteiger charge is 2.25. The summed E-state index contributed by atoms with van der Waals surface area (Å²) in [4.78, 5) is 21.3. The Hall–Kier alpha value is -2.08. The molecule has 5 nitrogen and oxygen atoms in total. The van der Waals surface area contributed by atoms with Gasteiger partial charge < -0.3 is 4.74 Å². The molecule has 0 saturated carbocycles. The lowest BCUT2D eigenvalue weighted by Gasteiger charge is -2.12. The van der Waals surface area contributed by atoms with Gasteiger partial charge in [-0.1, -0.05) is 0 Å². The van der Waals surface area contributed by atoms with Crippen LogP contribution in [0.5, 0.6) is 0 Å². The fraction of sp³-hybridized carbons (Fsp3) is 0.267. The Kier molecular flexibility index (Phi) is 3.55. The Morgan fingerprint density at radius 1 is 1.43 bits per heavy atom. The zero-order valence-corrected chi connectivity index (χ0v) is 12.8. The summed E-state index contributed by atoms with van der Waals surface area (Å²) >= 11 is 1.68. The molecular formula is C15H15N3O2S. The summed E-state index contributed by atoms with van der Waals surface area (Å²) in [5.41, 5.74) is 2.85. The molecule has 0 N–H and O–H groups in total. The van der Waals surface area contributed by atoms with Crippen molar-refractivity contribution < 1.29 is 9.53 Å². The first-order chi connectivity index (χ1) is 10.1. The summed E-state index contributed by atoms with van der Waals surface area (Å²) in [5.74, 6) is 0.238. The van der Waals surface area contributed by atoms with E-state index in [1.165, 1.54) is 6.92 Å². The number of thioether (sulfide) groups is 1. The molecule has 3 rings (SSSR count). The van der Waals surface area contributed by atoms with Gasteiger partial charge in [0.15, 0.2) is 5.82 Å². The number of ether oxygens (including phenoxy) is 1. The minimum atomic E-state index is -0.706. The fourth-order valence-corrected chi connectivity index (χ4v) is 2.82. The Labute approximate surface area is 127 Å². The maximum absolute atomic E-state index is 11.3. The van der Waals surface area contributed by atoms with Gasteiger partial charge in [-0.25, -0.2) is 9.98 Å². The largest absolute Gasteiger partial charge is 0.432 e. The van der Waals surface area contributed by atoms with Gasteiger partial charge in [-0.15, -0.1) is 11.8 Å². The van der Waals surface area contributed by atoms with Crippen molar-refractivity contribution in [2.45, 2.75) is 25.0 Å². The van der Waals surface area contributed by atoms with Gasteiger partial charge in [0.25, 0.3) is 6.23 Å². The van der Waals surface area contributed by atoms with Gasteiger partial charge in [-0.2, -0.15) is 0 Å². The molecule has 1 atom stereocenters. The van der Waals surface area contributed by atoms with Crippen LogP contribution in [0, 0.1) is 0 Å². The molecule has 0 aliphatic carbocycles. The van der Waals surface area contributed by atoms with Crippen LogP contribution in [0.25, 0.3) is 5.69 Å². The molecule has 1 aromatic carbocycles. The molecule has 1 aliphatic rings. The number of fused-ring (bicyclic) bond motifs is 3. The van der Waals surface area contributed by atoms with Crippen LogP contribution in [0.3, 0.4) is 0 Å². The van der Waals surface area contributed by atoms with E-state index in [1.54, 1.807) is 18.0 Å². The van der Waals surface area contributed by atoms with Crippen molar-refractivity contribution in [3.63, 3.8) is 0 Å². The predicted octanol–water partition coefficient (Wildman–Crippen LogP) is 2.98. The third-order valence-electron chi connectivity index (χ3n) is 3.33. The van der Waals surface area contributed by atoms with Gasteiger partial charge in [0.05, 0.1) is 5.69 Å². The summed E-state index contributed by atoms with van der Waals surface area (Å²) in [6, 6.07) is 6.20. The average Bonchev–Trinajstić information content (AvgIpc) is 2.91. The number of hydrogen-bond donors (Lipinski definition) is 0. The van der Waals surface area contributed by atoms with Crippen LogP contribution >= 0.6 is 11.8 Å². The number of carbonyl (C=O) groups excluding carboxylic acids is 1. The van der Waals surface area contributed by atoms with Crippen LogP contribution in [0.4, 0.5) is 0 Å². The average molecular weight is 301 g/mol. The molecule has 1 aliphatic heterocycles. The molecule has 21 heavy (non-hydrogen) atoms. The van der Waals surface area contributed by atoms with E-state index in [1.807, 2.05) is 30.0 Å². The summed E-state index contributed by atoms with van der Waals surface area (Å²) in [6.07, 6.45) is 4.88. The van der Waals surface area contributed by atoms with Gasteiger partial charge in [-0.05, 0) is 31.4 Å². The summed E-state index contributed by atoms with van der Waals surface area (Å²) in [6.45, 7) is 3.30. The number of rotatable bonds is 2. The Morgan fingerprint density at radius 3 is 2.95 bits per heavy atom. The summed E-state index contributed by atoms with van der Waals surface area (Å²) in [5, 5.41) is 0. The first kappa shape index (κ1) is 13.9. The van der Waals surface area contributed by atoms with Crippen molar-refractivity contribution in [2.24, 2.45) is 4.99 Å². The van der Waals surface area contributed by atoms with Crippen molar-refractivity contribution in [2.75, 3.05) is 6.26 Å². The summed E-state index contributed by atoms with van der Waals surface area (Å²) < 4.78 is 7.22. The molecule has 0 saturated heterocycles. The molecule has 1 unspecified atom stereocenters. The number of nitrogens with zero attached hydrogens (tertiary/aromatic N) is 3. The van der Waals surface area contributed by atoms with Gasteiger partial charge in [0, 0.05) is 35.5 Å². The zero-order chi connectivity index (χ0) is 15.0. The number of esters is 1. The van der Waals surface area contributed by atoms with E-state index in [9.17, 15) is 4.79 Å². The molecule has 1 aromatic heterocycles. The highest BCUT2D eigenvalue weighted by atomic mass is 32.2. The van der Waals surface area contributed by atoms with E-state index < -0.39 is 6.23 Å². The second-order valence-corrected chi connectivity index (χ2v) is 5.59. The molecular weight excluding hydrogens is 286 g/mol. The van der Waals surface area contributed by atoms with E-state index >= 15 is 0 Å². The second-order valence-electron chi connectivity index (χ2n) is 4.71. The Morgan fingerprint density at radius 2 is 2.24 bits per heavy atom. The normalized spacial score (nSPS) is 16.5. The molecule has 2 heterocycles. The standard InChI is InChI=1S/C15H15N3O2S/c1-9-12-8-11(21-3)4-5-13(12)18-7-6-16-14(18)15(17-9)20-10(2)19/h4-8,15H,1-3H3. The number of carbonyl (C=O) groups is 1. The van der Waals surface area contributed by atoms with Crippen LogP contribution in [0.1, 0.15) is 31.5 Å². The van der Waals surface area contributed by atoms with Crippen molar-refractivity contribution >= 4 is 23.4 Å². The fourth-order valence-electron chi connectivity index (χ4n) is 2.38. The molecule has 2 aromatic rings. The van der Waals surface area contributed by atoms with E-state index in [4.69, 9.17) is 4.74 Å². The van der Waals surface area contributed by atoms with Crippen molar-refractivity contribution in [3.05, 3.63) is 42.0 Å². The molecule has 0 radical (unpaired) electrons. The number of benzene rings is 1. The highest BCUT2D eigenvalue weighted by molar-refractivity contribution is 7.98. The lowest BCUT2D eigenvalue weighted by molar-refractivity contribution is -0.146. The van der Waals surface area contributed by atoms with Crippen molar-refractivity contribution in [1.82, 2.24) is 9.55 Å². The van der Waals surface area contributed by atoms with Crippen LogP contribution in [-0.2, 0) is 9.53 Å². The maximum Gasteiger partial charge on any atom is 0.304 e. The van der Waals surface area contributed by atoms with Crippen LogP contribution in [-0.4, -0.2) is 27.5 Å². The highest BCUT2D eigenvalue weighted by Crippen LogP contribution is 2.30. The number of aromatic nitrogens is 2. The third-order valence-corrected chi connectivity index (χ3v) is 4.06. The maximum atomic E-state index is 11.3. The minimum Gasteiger partial charge on any atom is -0.432 e. The SMILES string of the molecule is CSc1ccc2c(c1)C(C)=NC(OC(C)=O)c1nccn1-2. The van der Waals surface area contributed by atoms with Crippen LogP contribution in [0.15, 0.2) is 40.5 Å². The zero-order valence-electron chi connectivity index (χ0n) is 12.0. The van der Waals surface area contributed by atoms with Gasteiger partial charge >= 0.3 is 5.97 Å². The lowest BCUT2D eigenvalue weighted by atomic mass is 10.1. The second kappa shape index (κ2) is 5.37. The molecule has 0 fully saturated rings. The quantitative estimate of drug-likeness (QED) is 0.632. The summed E-state index contributed by atoms with van der Waals surface area (Å²) in [7, 11) is 0. The van der Waals surface area contributed by atoms with Crippen LogP contribution in [0.2, 0.25) is 0 Å². The number of imidazole rings is 1. The van der Waals surface area contributed by atoms with E-state index in [0.717, 1.165) is 21.9 Å². The van der Waals surface area contributed by atoms with E-state index in [0.29, 0.717) is 5.82 Å². The van der Waals surface area contributed by atoms with Crippen molar-refractivity contribution in [1.29, 1.82) is 0 Å². The van der Waals surface area contributed by atoms with Gasteiger partial charge in [-0.3, -0.25) is 9.36 Å². The lowest BCUT2D eigenvalue weighted by Crippen LogP contribution is -2.11. The van der Waals surface area contributed by atoms with Gasteiger partial charge in [0.1, 0.15) is 0 Å². The molecule has 0 spiro atoms. The molecule has 0 amide bonds. The first-order valence-electron chi connectivity index (χ1n) is 6.54. The molecule has 0 bridgehead atoms. The first-order valence-corrected chi connectivity index (χ1v) is 7.76. The Bertz CT molecular complexity index is 736. The van der Waals surface area contributed by atoms with E-state index in [-0.39, 0.29) is 5.97 Å². The Balaban J connectivity index is 2.20. The van der Waals surface area contributed by atoms with E-state index in [2.05, 4.69) is 22.1 Å². The predicted molar refractivity (Wildman–Crippen MR) is 82.1 cm³/mol. The van der Waals surface area contributed by atoms with Crippen molar-refractivity contribution in [3.8, 4) is 5.69 Å². The van der Waals surface area contributed by atoms with Crippen LogP contribution < -0.4 is 0 Å². The minimum absolute atomic E-state index is 0.373. The number of aliphatic imine (C=N–C) groups is 1. The monoisotopic (exact) mass is 301 g/mol. The molecule has 108 valence electrons. The topological polar surface area (TPSA) is 56.5 Å². The number of hydrogen-bond acceptors (Lipinski definition) is 5. The molecule has 6 heteroatoms. The smallest absolute Gasteiger partial charge is 0.304 e. The third kappa shape index (κ3) is 2.47. The van der Waals surface area contributed by atoms with Gasteiger partial charge in [0.2, 0.25) is 0 Å².